The van der Waals surface area contributed by atoms with E-state index in [1.165, 1.54) is 11.1 Å². The average Bonchev–Trinajstić information content (AvgIpc) is 3.04. The van der Waals surface area contributed by atoms with Crippen LogP contribution in [0.3, 0.4) is 0 Å². The summed E-state index contributed by atoms with van der Waals surface area (Å²) in [4.78, 5) is 8.29. The fraction of sp³-hybridized carbons (Fsp3) is 0.0526. The van der Waals surface area contributed by atoms with Gasteiger partial charge in [0.1, 0.15) is 5.58 Å². The summed E-state index contributed by atoms with van der Waals surface area (Å²) in [6.07, 6.45) is 9.91. The van der Waals surface area contributed by atoms with E-state index in [-0.39, 0.29) is 0 Å². The molecule has 0 aliphatic rings. The highest BCUT2D eigenvalue weighted by Gasteiger charge is 2.10. The van der Waals surface area contributed by atoms with Gasteiger partial charge in [-0.25, -0.2) is 0 Å². The maximum atomic E-state index is 5.67. The third-order valence-electron chi connectivity index (χ3n) is 3.74. The van der Waals surface area contributed by atoms with Gasteiger partial charge in [-0.3, -0.25) is 9.97 Å². The minimum Gasteiger partial charge on any atom is -0.464 e. The molecular formula is C19H14N2O. The molecule has 0 N–H and O–H groups in total. The van der Waals surface area contributed by atoms with Crippen LogP contribution in [0.5, 0.6) is 0 Å². The Bertz CT molecular complexity index is 899. The highest BCUT2D eigenvalue weighted by molar-refractivity contribution is 5.93. The van der Waals surface area contributed by atoms with Gasteiger partial charge in [0.25, 0.3) is 0 Å². The van der Waals surface area contributed by atoms with Gasteiger partial charge >= 0.3 is 0 Å². The molecule has 0 amide bonds. The first-order valence-corrected chi connectivity index (χ1v) is 7.19. The highest BCUT2D eigenvalue weighted by Crippen LogP contribution is 2.31. The Labute approximate surface area is 128 Å². The van der Waals surface area contributed by atoms with Crippen LogP contribution in [0.2, 0.25) is 0 Å². The first-order valence-electron chi connectivity index (χ1n) is 7.19. The standard InChI is InChI=1S/C19H14N2O/c1-2-17(13-21-6-1)18-12-15(10-14-3-7-20-8-4-14)11-16-5-9-22-19(16)18/h1-9,11-13H,10H2. The average molecular weight is 286 g/mol. The van der Waals surface area contributed by atoms with Crippen molar-refractivity contribution in [3.63, 3.8) is 0 Å². The lowest BCUT2D eigenvalue weighted by Gasteiger charge is -2.07. The van der Waals surface area contributed by atoms with Gasteiger partial charge in [-0.05, 0) is 53.9 Å². The van der Waals surface area contributed by atoms with Gasteiger partial charge in [-0.1, -0.05) is 6.07 Å². The van der Waals surface area contributed by atoms with Crippen molar-refractivity contribution in [2.45, 2.75) is 6.42 Å². The zero-order valence-electron chi connectivity index (χ0n) is 11.9. The van der Waals surface area contributed by atoms with Crippen molar-refractivity contribution in [3.05, 3.63) is 84.6 Å². The maximum Gasteiger partial charge on any atom is 0.141 e. The van der Waals surface area contributed by atoms with Crippen LogP contribution in [0.15, 0.2) is 77.9 Å². The number of nitrogens with zero attached hydrogens (tertiary/aromatic N) is 2. The van der Waals surface area contributed by atoms with Crippen LogP contribution in [0.1, 0.15) is 11.1 Å². The summed E-state index contributed by atoms with van der Waals surface area (Å²) in [5, 5.41) is 1.12. The quantitative estimate of drug-likeness (QED) is 0.557. The second-order valence-corrected chi connectivity index (χ2v) is 5.26. The van der Waals surface area contributed by atoms with Crippen LogP contribution in [-0.2, 0) is 6.42 Å². The molecule has 0 atom stereocenters. The van der Waals surface area contributed by atoms with Gasteiger partial charge in [0.05, 0.1) is 6.26 Å². The van der Waals surface area contributed by atoms with Crippen LogP contribution in [0.4, 0.5) is 0 Å². The molecular weight excluding hydrogens is 272 g/mol. The molecule has 0 aliphatic carbocycles. The first kappa shape index (κ1) is 12.8. The van der Waals surface area contributed by atoms with E-state index in [0.29, 0.717) is 0 Å². The van der Waals surface area contributed by atoms with Crippen molar-refractivity contribution >= 4 is 11.0 Å². The molecule has 4 rings (SSSR count). The Morgan fingerprint density at radius 3 is 2.59 bits per heavy atom. The van der Waals surface area contributed by atoms with E-state index < -0.39 is 0 Å². The third-order valence-corrected chi connectivity index (χ3v) is 3.74. The molecule has 0 aliphatic heterocycles. The largest absolute Gasteiger partial charge is 0.464 e. The summed E-state index contributed by atoms with van der Waals surface area (Å²) >= 11 is 0. The molecule has 4 aromatic rings. The first-order chi connectivity index (χ1) is 10.9. The van der Waals surface area contributed by atoms with Crippen LogP contribution in [0, 0.1) is 0 Å². The van der Waals surface area contributed by atoms with E-state index in [1.54, 1.807) is 12.5 Å². The van der Waals surface area contributed by atoms with Crippen LogP contribution in [0.25, 0.3) is 22.1 Å². The molecule has 1 aromatic carbocycles. The zero-order chi connectivity index (χ0) is 14.8. The molecule has 3 aromatic heterocycles. The molecule has 0 saturated heterocycles. The lowest BCUT2D eigenvalue weighted by Crippen LogP contribution is -1.90. The van der Waals surface area contributed by atoms with Crippen molar-refractivity contribution in [1.82, 2.24) is 9.97 Å². The minimum absolute atomic E-state index is 0.872. The van der Waals surface area contributed by atoms with Gasteiger partial charge in [0.15, 0.2) is 0 Å². The maximum absolute atomic E-state index is 5.67. The van der Waals surface area contributed by atoms with Gasteiger partial charge in [0, 0.05) is 41.3 Å². The minimum atomic E-state index is 0.872. The Morgan fingerprint density at radius 2 is 1.77 bits per heavy atom. The molecule has 3 heterocycles. The fourth-order valence-electron chi connectivity index (χ4n) is 2.72. The topological polar surface area (TPSA) is 38.9 Å². The van der Waals surface area contributed by atoms with E-state index in [2.05, 4.69) is 28.2 Å². The van der Waals surface area contributed by atoms with E-state index in [0.717, 1.165) is 28.5 Å². The Hall–Kier alpha value is -2.94. The lowest BCUT2D eigenvalue weighted by molar-refractivity contribution is 0.617. The summed E-state index contributed by atoms with van der Waals surface area (Å²) in [6.45, 7) is 0. The molecule has 3 heteroatoms. The molecule has 0 bridgehead atoms. The number of furan rings is 1. The molecule has 0 spiro atoms. The molecule has 0 fully saturated rings. The number of fused-ring (bicyclic) bond motifs is 1. The summed E-state index contributed by atoms with van der Waals surface area (Å²) in [7, 11) is 0. The number of pyridine rings is 2. The zero-order valence-corrected chi connectivity index (χ0v) is 11.9. The summed E-state index contributed by atoms with van der Waals surface area (Å²) in [5.74, 6) is 0. The number of benzene rings is 1. The fourth-order valence-corrected chi connectivity index (χ4v) is 2.72. The van der Waals surface area contributed by atoms with E-state index in [1.807, 2.05) is 42.9 Å². The SMILES string of the molecule is c1cncc(-c2cc(Cc3ccncc3)cc3ccoc23)c1. The van der Waals surface area contributed by atoms with Crippen molar-refractivity contribution in [1.29, 1.82) is 0 Å². The smallest absolute Gasteiger partial charge is 0.141 e. The summed E-state index contributed by atoms with van der Waals surface area (Å²) < 4.78 is 5.67. The second kappa shape index (κ2) is 5.45. The van der Waals surface area contributed by atoms with Crippen LogP contribution < -0.4 is 0 Å². The Morgan fingerprint density at radius 1 is 0.864 bits per heavy atom. The molecule has 0 radical (unpaired) electrons. The summed E-state index contributed by atoms with van der Waals surface area (Å²) in [6, 6.07) is 14.5. The van der Waals surface area contributed by atoms with Gasteiger partial charge in [-0.15, -0.1) is 0 Å². The predicted octanol–water partition coefficient (Wildman–Crippen LogP) is 4.48. The van der Waals surface area contributed by atoms with Crippen molar-refractivity contribution < 1.29 is 4.42 Å². The molecule has 106 valence electrons. The monoisotopic (exact) mass is 286 g/mol. The van der Waals surface area contributed by atoms with Gasteiger partial charge < -0.3 is 4.42 Å². The Kier molecular flexibility index (Phi) is 3.16. The van der Waals surface area contributed by atoms with E-state index >= 15 is 0 Å². The molecule has 3 nitrogen and oxygen atoms in total. The van der Waals surface area contributed by atoms with Crippen molar-refractivity contribution in [2.24, 2.45) is 0 Å². The summed E-state index contributed by atoms with van der Waals surface area (Å²) in [5.41, 5.74) is 5.55. The third kappa shape index (κ3) is 2.37. The second-order valence-electron chi connectivity index (χ2n) is 5.26. The Balaban J connectivity index is 1.84. The number of aromatic nitrogens is 2. The van der Waals surface area contributed by atoms with Gasteiger partial charge in [-0.2, -0.15) is 0 Å². The highest BCUT2D eigenvalue weighted by atomic mass is 16.3. The van der Waals surface area contributed by atoms with Crippen molar-refractivity contribution in [3.8, 4) is 11.1 Å². The van der Waals surface area contributed by atoms with Crippen LogP contribution in [-0.4, -0.2) is 9.97 Å². The molecule has 22 heavy (non-hydrogen) atoms. The van der Waals surface area contributed by atoms with Crippen LogP contribution >= 0.6 is 0 Å². The van der Waals surface area contributed by atoms with E-state index in [9.17, 15) is 0 Å². The lowest BCUT2D eigenvalue weighted by atomic mass is 9.98. The molecule has 0 saturated carbocycles. The van der Waals surface area contributed by atoms with Crippen molar-refractivity contribution in [2.75, 3.05) is 0 Å². The van der Waals surface area contributed by atoms with Gasteiger partial charge in [0.2, 0.25) is 0 Å². The predicted molar refractivity (Wildman–Crippen MR) is 86.5 cm³/mol. The molecule has 0 unspecified atom stereocenters. The number of hydrogen-bond acceptors (Lipinski definition) is 3. The van der Waals surface area contributed by atoms with E-state index in [4.69, 9.17) is 4.42 Å². The normalized spacial score (nSPS) is 10.9. The number of hydrogen-bond donors (Lipinski definition) is 0. The number of rotatable bonds is 3.